The van der Waals surface area contributed by atoms with Gasteiger partial charge in [0.15, 0.2) is 0 Å². The molecule has 0 bridgehead atoms. The molecule has 16 heavy (non-hydrogen) atoms. The molecule has 1 rings (SSSR count). The lowest BCUT2D eigenvalue weighted by molar-refractivity contribution is -0.144. The van der Waals surface area contributed by atoms with Crippen LogP contribution in [0.2, 0.25) is 0 Å². The molecule has 0 aliphatic carbocycles. The quantitative estimate of drug-likeness (QED) is 0.491. The first-order valence-corrected chi connectivity index (χ1v) is 4.79. The molecule has 0 atom stereocenters. The van der Waals surface area contributed by atoms with Gasteiger partial charge >= 0.3 is 17.8 Å². The number of hydrogen-bond donors (Lipinski definition) is 1. The lowest BCUT2D eigenvalue weighted by atomic mass is 10.3. The Morgan fingerprint density at radius 3 is 2.19 bits per heavy atom. The summed E-state index contributed by atoms with van der Waals surface area (Å²) in [5.41, 5.74) is 0. The minimum Gasteiger partial charge on any atom is -0.358 e. The second kappa shape index (κ2) is 4.30. The van der Waals surface area contributed by atoms with E-state index >= 15 is 0 Å². The number of nitrogens with one attached hydrogen (secondary N) is 1. The molecule has 0 aromatic carbocycles. The Kier molecular flexibility index (Phi) is 3.26. The number of rotatable bonds is 3. The van der Waals surface area contributed by atoms with Crippen molar-refractivity contribution in [2.24, 2.45) is 0 Å². The molecule has 7 nitrogen and oxygen atoms in total. The largest absolute Gasteiger partial charge is 0.358 e. The predicted octanol–water partition coefficient (Wildman–Crippen LogP) is -1.07. The van der Waals surface area contributed by atoms with Crippen molar-refractivity contribution in [2.75, 3.05) is 13.6 Å². The molecule has 1 aliphatic rings. The third-order valence-corrected chi connectivity index (χ3v) is 2.18. The van der Waals surface area contributed by atoms with Crippen molar-refractivity contribution in [3.8, 4) is 0 Å². The van der Waals surface area contributed by atoms with Crippen LogP contribution >= 0.6 is 0 Å². The monoisotopic (exact) mass is 227 g/mol. The van der Waals surface area contributed by atoms with Crippen LogP contribution < -0.4 is 5.32 Å². The molecule has 0 aromatic heterocycles. The van der Waals surface area contributed by atoms with Crippen molar-refractivity contribution in [1.29, 1.82) is 0 Å². The number of carbonyl (C=O) groups is 4. The molecule has 0 unspecified atom stereocenters. The average Bonchev–Trinajstić information content (AvgIpc) is 2.42. The number of nitrogens with zero attached hydrogens (tertiary/aromatic N) is 2. The fourth-order valence-corrected chi connectivity index (χ4v) is 1.34. The summed E-state index contributed by atoms with van der Waals surface area (Å²) in [6.07, 6.45) is 0. The van der Waals surface area contributed by atoms with E-state index in [-0.39, 0.29) is 0 Å². The molecule has 88 valence electrons. The Bertz CT molecular complexity index is 364. The van der Waals surface area contributed by atoms with Gasteiger partial charge in [0.2, 0.25) is 5.91 Å². The van der Waals surface area contributed by atoms with Crippen molar-refractivity contribution in [1.82, 2.24) is 15.1 Å². The third-order valence-electron chi connectivity index (χ3n) is 2.18. The smallest absolute Gasteiger partial charge is 0.334 e. The molecule has 1 aliphatic heterocycles. The van der Waals surface area contributed by atoms with E-state index in [9.17, 15) is 19.2 Å². The number of likely N-dealkylation sites (N-methyl/N-ethyl adjacent to an activating group) is 1. The number of amides is 5. The molecule has 0 aromatic rings. The van der Waals surface area contributed by atoms with Crippen molar-refractivity contribution in [3.05, 3.63) is 0 Å². The van der Waals surface area contributed by atoms with E-state index in [1.54, 1.807) is 13.8 Å². The lowest BCUT2D eigenvalue weighted by Crippen LogP contribution is -2.41. The Balaban J connectivity index is 2.90. The molecule has 1 saturated heterocycles. The minimum absolute atomic E-state index is 0.404. The van der Waals surface area contributed by atoms with Gasteiger partial charge in [-0.2, -0.15) is 0 Å². The number of imide groups is 2. The van der Waals surface area contributed by atoms with Crippen LogP contribution in [0.1, 0.15) is 13.8 Å². The van der Waals surface area contributed by atoms with Gasteiger partial charge in [0.25, 0.3) is 0 Å². The number of hydrogen-bond acceptors (Lipinski definition) is 4. The Hall–Kier alpha value is -1.92. The highest BCUT2D eigenvalue weighted by atomic mass is 16.2. The molecule has 1 fully saturated rings. The van der Waals surface area contributed by atoms with Crippen LogP contribution in [0.3, 0.4) is 0 Å². The summed E-state index contributed by atoms with van der Waals surface area (Å²) in [6.45, 7) is 2.81. The van der Waals surface area contributed by atoms with Gasteiger partial charge < -0.3 is 5.32 Å². The van der Waals surface area contributed by atoms with Crippen LogP contribution in [-0.2, 0) is 14.4 Å². The van der Waals surface area contributed by atoms with Gasteiger partial charge in [-0.25, -0.2) is 9.69 Å². The zero-order valence-electron chi connectivity index (χ0n) is 9.31. The molecule has 5 amide bonds. The van der Waals surface area contributed by atoms with Crippen LogP contribution in [0.5, 0.6) is 0 Å². The highest BCUT2D eigenvalue weighted by Gasteiger charge is 2.46. The summed E-state index contributed by atoms with van der Waals surface area (Å²) in [6, 6.07) is -1.15. The zero-order chi connectivity index (χ0) is 12.5. The maximum absolute atomic E-state index is 11.6. The second-order valence-electron chi connectivity index (χ2n) is 3.62. The van der Waals surface area contributed by atoms with Gasteiger partial charge in [0.1, 0.15) is 6.54 Å². The molecule has 0 saturated carbocycles. The molecule has 1 N–H and O–H groups in total. The van der Waals surface area contributed by atoms with Crippen LogP contribution in [0, 0.1) is 0 Å². The van der Waals surface area contributed by atoms with E-state index < -0.39 is 36.3 Å². The number of urea groups is 1. The molecule has 0 radical (unpaired) electrons. The summed E-state index contributed by atoms with van der Waals surface area (Å²) < 4.78 is 0. The maximum atomic E-state index is 11.6. The first-order chi connectivity index (χ1) is 7.40. The highest BCUT2D eigenvalue weighted by molar-refractivity contribution is 6.45. The van der Waals surface area contributed by atoms with Gasteiger partial charge in [-0.1, -0.05) is 0 Å². The second-order valence-corrected chi connectivity index (χ2v) is 3.62. The van der Waals surface area contributed by atoms with E-state index in [0.29, 0.717) is 4.90 Å². The van der Waals surface area contributed by atoms with Crippen molar-refractivity contribution in [2.45, 2.75) is 19.9 Å². The third kappa shape index (κ3) is 1.88. The van der Waals surface area contributed by atoms with Crippen LogP contribution in [0.4, 0.5) is 4.79 Å². The first kappa shape index (κ1) is 12.2. The van der Waals surface area contributed by atoms with Crippen molar-refractivity contribution in [3.63, 3.8) is 0 Å². The van der Waals surface area contributed by atoms with E-state index in [1.165, 1.54) is 7.05 Å². The van der Waals surface area contributed by atoms with Gasteiger partial charge in [0, 0.05) is 13.1 Å². The van der Waals surface area contributed by atoms with Crippen molar-refractivity contribution >= 4 is 23.8 Å². The Morgan fingerprint density at radius 1 is 1.25 bits per heavy atom. The standard InChI is InChI=1S/C9H13N3O4/c1-5(2)12-8(15)7(14)11(9(12)16)4-6(13)10-3/h5H,4H2,1-3H3,(H,10,13). The van der Waals surface area contributed by atoms with E-state index in [2.05, 4.69) is 5.32 Å². The normalized spacial score (nSPS) is 16.4. The summed E-state index contributed by atoms with van der Waals surface area (Å²) in [5, 5.41) is 2.28. The molecular weight excluding hydrogens is 214 g/mol. The van der Waals surface area contributed by atoms with E-state index in [0.717, 1.165) is 4.90 Å². The minimum atomic E-state index is -0.956. The van der Waals surface area contributed by atoms with Crippen LogP contribution in [-0.4, -0.2) is 53.2 Å². The van der Waals surface area contributed by atoms with Gasteiger partial charge in [-0.05, 0) is 13.8 Å². The molecule has 1 heterocycles. The van der Waals surface area contributed by atoms with Gasteiger partial charge in [-0.3, -0.25) is 19.3 Å². The van der Waals surface area contributed by atoms with Crippen LogP contribution in [0.15, 0.2) is 0 Å². The fraction of sp³-hybridized carbons (Fsp3) is 0.556. The van der Waals surface area contributed by atoms with Crippen LogP contribution in [0.25, 0.3) is 0 Å². The average molecular weight is 227 g/mol. The molecule has 0 spiro atoms. The number of carbonyl (C=O) groups excluding carboxylic acids is 4. The first-order valence-electron chi connectivity index (χ1n) is 4.79. The summed E-state index contributed by atoms with van der Waals surface area (Å²) >= 11 is 0. The Morgan fingerprint density at radius 2 is 1.81 bits per heavy atom. The lowest BCUT2D eigenvalue weighted by Gasteiger charge is -2.17. The van der Waals surface area contributed by atoms with E-state index in [4.69, 9.17) is 0 Å². The summed E-state index contributed by atoms with van der Waals surface area (Å²) in [4.78, 5) is 47.0. The molecule has 7 heteroatoms. The molecular formula is C9H13N3O4. The summed E-state index contributed by atoms with van der Waals surface area (Å²) in [5.74, 6) is -2.34. The van der Waals surface area contributed by atoms with Crippen molar-refractivity contribution < 1.29 is 19.2 Å². The summed E-state index contributed by atoms with van der Waals surface area (Å²) in [7, 11) is 1.38. The zero-order valence-corrected chi connectivity index (χ0v) is 9.31. The van der Waals surface area contributed by atoms with Gasteiger partial charge in [0.05, 0.1) is 0 Å². The van der Waals surface area contributed by atoms with E-state index in [1.807, 2.05) is 0 Å². The fourth-order valence-electron chi connectivity index (χ4n) is 1.34. The Labute approximate surface area is 92.4 Å². The van der Waals surface area contributed by atoms with Gasteiger partial charge in [-0.15, -0.1) is 0 Å². The highest BCUT2D eigenvalue weighted by Crippen LogP contribution is 2.14. The SMILES string of the molecule is CNC(=O)CN1C(=O)C(=O)N(C(C)C)C1=O. The maximum Gasteiger partial charge on any atom is 0.334 e. The topological polar surface area (TPSA) is 86.8 Å². The predicted molar refractivity (Wildman–Crippen MR) is 53.2 cm³/mol.